The molecule has 0 atom stereocenters. The molecule has 0 bridgehead atoms. The van der Waals surface area contributed by atoms with E-state index >= 15 is 0 Å². The zero-order chi connectivity index (χ0) is 14.7. The van der Waals surface area contributed by atoms with E-state index in [-0.39, 0.29) is 12.5 Å². The average Bonchev–Trinajstić information content (AvgIpc) is 3.16. The fourth-order valence-corrected chi connectivity index (χ4v) is 1.88. The van der Waals surface area contributed by atoms with Gasteiger partial charge in [-0.15, -0.1) is 10.2 Å². The number of rotatable bonds is 4. The van der Waals surface area contributed by atoms with Crippen LogP contribution in [0, 0.1) is 6.92 Å². The summed E-state index contributed by atoms with van der Waals surface area (Å²) in [5.74, 6) is 0.642. The van der Waals surface area contributed by atoms with Crippen LogP contribution in [0.4, 0.5) is 0 Å². The first kappa shape index (κ1) is 13.0. The van der Waals surface area contributed by atoms with Gasteiger partial charge < -0.3 is 9.73 Å². The molecule has 3 rings (SSSR count). The molecule has 0 radical (unpaired) electrons. The first-order valence-electron chi connectivity index (χ1n) is 6.39. The molecular weight excluding hydrogens is 270 g/mol. The highest BCUT2D eigenvalue weighted by Crippen LogP contribution is 2.09. The summed E-state index contributed by atoms with van der Waals surface area (Å²) < 4.78 is 6.89. The molecule has 21 heavy (non-hydrogen) atoms. The Balaban J connectivity index is 1.71. The molecule has 0 saturated carbocycles. The summed E-state index contributed by atoms with van der Waals surface area (Å²) in [4.78, 5) is 12.1. The molecule has 0 aliphatic heterocycles. The minimum absolute atomic E-state index is 0.200. The number of amides is 1. The molecule has 1 amide bonds. The fourth-order valence-electron chi connectivity index (χ4n) is 1.88. The van der Waals surface area contributed by atoms with Gasteiger partial charge in [0.15, 0.2) is 0 Å². The van der Waals surface area contributed by atoms with Crippen LogP contribution in [0.25, 0.3) is 5.69 Å². The molecule has 0 aliphatic rings. The normalized spacial score (nSPS) is 10.5. The predicted octanol–water partition coefficient (Wildman–Crippen LogP) is 1.49. The van der Waals surface area contributed by atoms with Crippen LogP contribution in [0.2, 0.25) is 0 Å². The highest BCUT2D eigenvalue weighted by atomic mass is 16.4. The molecular formula is C14H13N5O2. The fraction of sp³-hybridized carbons (Fsp3) is 0.143. The van der Waals surface area contributed by atoms with Gasteiger partial charge in [-0.25, -0.2) is 4.68 Å². The molecule has 1 aromatic carbocycles. The molecule has 2 aromatic heterocycles. The lowest BCUT2D eigenvalue weighted by atomic mass is 10.2. The van der Waals surface area contributed by atoms with Crippen LogP contribution in [0.15, 0.2) is 47.1 Å². The van der Waals surface area contributed by atoms with Crippen molar-refractivity contribution in [2.24, 2.45) is 0 Å². The quantitative estimate of drug-likeness (QED) is 0.784. The third-order valence-electron chi connectivity index (χ3n) is 2.85. The Kier molecular flexibility index (Phi) is 3.46. The van der Waals surface area contributed by atoms with Gasteiger partial charge >= 0.3 is 0 Å². The van der Waals surface area contributed by atoms with Gasteiger partial charge in [-0.05, 0) is 24.3 Å². The van der Waals surface area contributed by atoms with Crippen LogP contribution >= 0.6 is 0 Å². The third-order valence-corrected chi connectivity index (χ3v) is 2.85. The molecule has 7 nitrogen and oxygen atoms in total. The van der Waals surface area contributed by atoms with Crippen LogP contribution in [0.1, 0.15) is 22.1 Å². The molecule has 106 valence electrons. The molecule has 3 aromatic rings. The minimum Gasteiger partial charge on any atom is -0.424 e. The maximum Gasteiger partial charge on any atom is 0.251 e. The number of nitrogens with one attached hydrogen (secondary N) is 1. The number of nitrogens with zero attached hydrogens (tertiary/aromatic N) is 4. The monoisotopic (exact) mass is 283 g/mol. The SMILES string of the molecule is Cc1nnc(CNC(=O)c2cccc(-n3cccn3)c2)o1. The Bertz CT molecular complexity index is 748. The van der Waals surface area contributed by atoms with Crippen LogP contribution in [0.5, 0.6) is 0 Å². The van der Waals surface area contributed by atoms with Crippen LogP contribution in [-0.2, 0) is 6.54 Å². The van der Waals surface area contributed by atoms with Gasteiger partial charge in [0.25, 0.3) is 5.91 Å². The van der Waals surface area contributed by atoms with E-state index in [4.69, 9.17) is 4.42 Å². The third kappa shape index (κ3) is 2.97. The minimum atomic E-state index is -0.208. The van der Waals surface area contributed by atoms with Crippen molar-refractivity contribution < 1.29 is 9.21 Å². The summed E-state index contributed by atoms with van der Waals surface area (Å²) >= 11 is 0. The number of carbonyl (C=O) groups excluding carboxylic acids is 1. The molecule has 0 fully saturated rings. The van der Waals surface area contributed by atoms with Gasteiger partial charge in [0.1, 0.15) is 0 Å². The van der Waals surface area contributed by atoms with Crippen molar-refractivity contribution in [2.45, 2.75) is 13.5 Å². The van der Waals surface area contributed by atoms with Gasteiger partial charge in [-0.2, -0.15) is 5.10 Å². The number of aromatic nitrogens is 4. The second-order valence-corrected chi connectivity index (χ2v) is 4.40. The summed E-state index contributed by atoms with van der Waals surface area (Å²) in [6.07, 6.45) is 3.50. The first-order valence-corrected chi connectivity index (χ1v) is 6.39. The van der Waals surface area contributed by atoms with E-state index in [0.29, 0.717) is 17.3 Å². The molecule has 0 spiro atoms. The van der Waals surface area contributed by atoms with Gasteiger partial charge in [0, 0.05) is 24.9 Å². The molecule has 2 heterocycles. The van der Waals surface area contributed by atoms with Gasteiger partial charge in [0.05, 0.1) is 12.2 Å². The van der Waals surface area contributed by atoms with Crippen LogP contribution < -0.4 is 5.32 Å². The Hall–Kier alpha value is -2.96. The molecule has 1 N–H and O–H groups in total. The Morgan fingerprint density at radius 1 is 1.33 bits per heavy atom. The Morgan fingerprint density at radius 3 is 2.95 bits per heavy atom. The zero-order valence-corrected chi connectivity index (χ0v) is 11.4. The lowest BCUT2D eigenvalue weighted by Gasteiger charge is -2.05. The van der Waals surface area contributed by atoms with Crippen molar-refractivity contribution in [3.63, 3.8) is 0 Å². The highest BCUT2D eigenvalue weighted by Gasteiger charge is 2.09. The highest BCUT2D eigenvalue weighted by molar-refractivity contribution is 5.94. The number of aryl methyl sites for hydroxylation is 1. The smallest absolute Gasteiger partial charge is 0.251 e. The Morgan fingerprint density at radius 2 is 2.24 bits per heavy atom. The van der Waals surface area contributed by atoms with Crippen molar-refractivity contribution in [3.05, 3.63) is 60.1 Å². The van der Waals surface area contributed by atoms with Crippen LogP contribution in [0.3, 0.4) is 0 Å². The number of hydrogen-bond donors (Lipinski definition) is 1. The molecule has 0 saturated heterocycles. The molecule has 0 unspecified atom stereocenters. The van der Waals surface area contributed by atoms with Gasteiger partial charge in [-0.3, -0.25) is 4.79 Å². The Labute approximate surface area is 120 Å². The van der Waals surface area contributed by atoms with Crippen molar-refractivity contribution in [1.82, 2.24) is 25.3 Å². The summed E-state index contributed by atoms with van der Waals surface area (Å²) in [6.45, 7) is 1.90. The van der Waals surface area contributed by atoms with Crippen molar-refractivity contribution in [1.29, 1.82) is 0 Å². The van der Waals surface area contributed by atoms with E-state index in [9.17, 15) is 4.79 Å². The second-order valence-electron chi connectivity index (χ2n) is 4.40. The summed E-state index contributed by atoms with van der Waals surface area (Å²) in [7, 11) is 0. The molecule has 7 heteroatoms. The van der Waals surface area contributed by atoms with Crippen molar-refractivity contribution in [3.8, 4) is 5.69 Å². The predicted molar refractivity (Wildman–Crippen MR) is 73.8 cm³/mol. The maximum atomic E-state index is 12.1. The van der Waals surface area contributed by atoms with E-state index in [1.807, 2.05) is 24.4 Å². The van der Waals surface area contributed by atoms with Crippen molar-refractivity contribution >= 4 is 5.91 Å². The van der Waals surface area contributed by atoms with Crippen molar-refractivity contribution in [2.75, 3.05) is 0 Å². The summed E-state index contributed by atoms with van der Waals surface area (Å²) in [5, 5.41) is 14.4. The summed E-state index contributed by atoms with van der Waals surface area (Å²) in [5.41, 5.74) is 1.36. The average molecular weight is 283 g/mol. The largest absolute Gasteiger partial charge is 0.424 e. The van der Waals surface area contributed by atoms with E-state index in [2.05, 4.69) is 20.6 Å². The number of benzene rings is 1. The lowest BCUT2D eigenvalue weighted by molar-refractivity contribution is 0.0947. The number of hydrogen-bond acceptors (Lipinski definition) is 5. The lowest BCUT2D eigenvalue weighted by Crippen LogP contribution is -2.23. The first-order chi connectivity index (χ1) is 10.2. The van der Waals surface area contributed by atoms with Crippen LogP contribution in [-0.4, -0.2) is 25.9 Å². The van der Waals surface area contributed by atoms with E-state index in [1.165, 1.54) is 0 Å². The summed E-state index contributed by atoms with van der Waals surface area (Å²) in [6, 6.07) is 9.02. The van der Waals surface area contributed by atoms with E-state index in [1.54, 1.807) is 29.9 Å². The van der Waals surface area contributed by atoms with Gasteiger partial charge in [-0.1, -0.05) is 6.07 Å². The van der Waals surface area contributed by atoms with Gasteiger partial charge in [0.2, 0.25) is 11.8 Å². The van der Waals surface area contributed by atoms with E-state index in [0.717, 1.165) is 5.69 Å². The number of carbonyl (C=O) groups is 1. The van der Waals surface area contributed by atoms with E-state index < -0.39 is 0 Å². The topological polar surface area (TPSA) is 85.8 Å². The second kappa shape index (κ2) is 5.58. The maximum absolute atomic E-state index is 12.1. The molecule has 0 aliphatic carbocycles. The zero-order valence-electron chi connectivity index (χ0n) is 11.4. The standard InChI is InChI=1S/C14H13N5O2/c1-10-17-18-13(21-10)9-15-14(20)11-4-2-5-12(8-11)19-7-3-6-16-19/h2-8H,9H2,1H3,(H,15,20).